The Morgan fingerprint density at radius 2 is 2.08 bits per heavy atom. The summed E-state index contributed by atoms with van der Waals surface area (Å²) in [5, 5.41) is 10.1. The van der Waals surface area contributed by atoms with Crippen LogP contribution in [0, 0.1) is 6.92 Å². The molecule has 0 saturated heterocycles. The zero-order valence-electron chi connectivity index (χ0n) is 15.6. The van der Waals surface area contributed by atoms with E-state index in [9.17, 15) is 9.67 Å². The molecule has 0 spiro atoms. The average molecular weight is 379 g/mol. The van der Waals surface area contributed by atoms with Crippen LogP contribution in [0.1, 0.15) is 36.6 Å². The predicted octanol–water partition coefficient (Wildman–Crippen LogP) is 4.65. The second-order valence-electron chi connectivity index (χ2n) is 5.89. The summed E-state index contributed by atoms with van der Waals surface area (Å²) in [6, 6.07) is 7.29. The van der Waals surface area contributed by atoms with Crippen molar-refractivity contribution in [2.75, 3.05) is 19.9 Å². The number of benzene rings is 1. The lowest BCUT2D eigenvalue weighted by Crippen LogP contribution is -2.10. The molecule has 0 saturated carbocycles. The van der Waals surface area contributed by atoms with E-state index in [0.717, 1.165) is 11.1 Å². The second-order valence-corrected chi connectivity index (χ2v) is 8.22. The highest BCUT2D eigenvalue weighted by Gasteiger charge is 2.28. The molecule has 0 aliphatic carbocycles. The van der Waals surface area contributed by atoms with E-state index in [1.54, 1.807) is 39.2 Å². The summed E-state index contributed by atoms with van der Waals surface area (Å²) in [6.07, 6.45) is 3.67. The maximum Gasteiger partial charge on any atom is 0.330 e. The van der Waals surface area contributed by atoms with Crippen LogP contribution in [0.4, 0.5) is 0 Å². The fraction of sp³-hybridized carbons (Fsp3) is 0.421. The number of aromatic nitrogens is 1. The van der Waals surface area contributed by atoms with Crippen molar-refractivity contribution in [3.63, 3.8) is 0 Å². The van der Waals surface area contributed by atoms with Gasteiger partial charge in [-0.05, 0) is 48.7 Å². The van der Waals surface area contributed by atoms with Crippen LogP contribution in [-0.2, 0) is 20.0 Å². The number of rotatable bonds is 9. The van der Waals surface area contributed by atoms with Gasteiger partial charge in [0.15, 0.2) is 11.5 Å². The fourth-order valence-electron chi connectivity index (χ4n) is 2.65. The van der Waals surface area contributed by atoms with Crippen LogP contribution in [0.15, 0.2) is 36.7 Å². The minimum atomic E-state index is -3.23. The normalized spacial score (nSPS) is 14.6. The highest BCUT2D eigenvalue weighted by molar-refractivity contribution is 7.53. The van der Waals surface area contributed by atoms with E-state index in [1.165, 1.54) is 7.11 Å². The molecule has 2 unspecified atom stereocenters. The van der Waals surface area contributed by atoms with Crippen molar-refractivity contribution in [3.8, 4) is 11.5 Å². The molecule has 0 bridgehead atoms. The average Bonchev–Trinajstić information content (AvgIpc) is 2.64. The van der Waals surface area contributed by atoms with Crippen LogP contribution >= 0.6 is 7.60 Å². The van der Waals surface area contributed by atoms with Crippen molar-refractivity contribution in [2.45, 2.75) is 33.3 Å². The SMILES string of the molecule is CCOP(=O)(CC)OC(Cc1cccnc1)c1cc(C)c(O)c(OC)c1. The summed E-state index contributed by atoms with van der Waals surface area (Å²) in [4.78, 5) is 4.13. The zero-order chi connectivity index (χ0) is 19.2. The molecule has 1 N–H and O–H groups in total. The number of ether oxygens (including phenoxy) is 1. The number of methoxy groups -OCH3 is 1. The lowest BCUT2D eigenvalue weighted by Gasteiger charge is -2.25. The van der Waals surface area contributed by atoms with E-state index in [2.05, 4.69) is 4.98 Å². The lowest BCUT2D eigenvalue weighted by atomic mass is 10.00. The number of phenols is 1. The van der Waals surface area contributed by atoms with Gasteiger partial charge in [-0.3, -0.25) is 9.55 Å². The largest absolute Gasteiger partial charge is 0.504 e. The van der Waals surface area contributed by atoms with Gasteiger partial charge in [0, 0.05) is 25.0 Å². The van der Waals surface area contributed by atoms with Crippen molar-refractivity contribution in [3.05, 3.63) is 53.3 Å². The van der Waals surface area contributed by atoms with E-state index >= 15 is 0 Å². The van der Waals surface area contributed by atoms with Crippen LogP contribution in [0.3, 0.4) is 0 Å². The van der Waals surface area contributed by atoms with Crippen LogP contribution in [-0.4, -0.2) is 30.0 Å². The van der Waals surface area contributed by atoms with Crippen LogP contribution in [0.5, 0.6) is 11.5 Å². The monoisotopic (exact) mass is 379 g/mol. The number of phenolic OH excluding ortho intramolecular Hbond substituents is 1. The highest BCUT2D eigenvalue weighted by atomic mass is 31.2. The first-order valence-electron chi connectivity index (χ1n) is 8.60. The summed E-state index contributed by atoms with van der Waals surface area (Å²) >= 11 is 0. The van der Waals surface area contributed by atoms with Crippen LogP contribution in [0.2, 0.25) is 0 Å². The Hall–Kier alpha value is -1.88. The molecule has 0 radical (unpaired) electrons. The maximum absolute atomic E-state index is 12.9. The third-order valence-corrected chi connectivity index (χ3v) is 6.03. The quantitative estimate of drug-likeness (QED) is 0.639. The number of hydrogen-bond acceptors (Lipinski definition) is 6. The molecular formula is C19H26NO5P. The Bertz CT molecular complexity index is 766. The van der Waals surface area contributed by atoms with Gasteiger partial charge in [-0.15, -0.1) is 0 Å². The number of hydrogen-bond donors (Lipinski definition) is 1. The summed E-state index contributed by atoms with van der Waals surface area (Å²) in [5.74, 6) is 0.433. The van der Waals surface area contributed by atoms with Crippen molar-refractivity contribution in [1.29, 1.82) is 0 Å². The molecule has 26 heavy (non-hydrogen) atoms. The number of aryl methyl sites for hydroxylation is 1. The van der Waals surface area contributed by atoms with E-state index in [4.69, 9.17) is 13.8 Å². The summed E-state index contributed by atoms with van der Waals surface area (Å²) in [5.41, 5.74) is 2.36. The van der Waals surface area contributed by atoms with Gasteiger partial charge in [0.1, 0.15) is 0 Å². The van der Waals surface area contributed by atoms with Gasteiger partial charge in [0.25, 0.3) is 0 Å². The van der Waals surface area contributed by atoms with Crippen molar-refractivity contribution in [1.82, 2.24) is 4.98 Å². The van der Waals surface area contributed by atoms with Gasteiger partial charge in [0.05, 0.1) is 19.8 Å². The molecule has 7 heteroatoms. The Morgan fingerprint density at radius 3 is 2.65 bits per heavy atom. The van der Waals surface area contributed by atoms with Gasteiger partial charge >= 0.3 is 7.60 Å². The smallest absolute Gasteiger partial charge is 0.330 e. The molecule has 0 aliphatic rings. The number of nitrogens with zero attached hydrogens (tertiary/aromatic N) is 1. The molecule has 142 valence electrons. The number of pyridine rings is 1. The van der Waals surface area contributed by atoms with Gasteiger partial charge in [-0.25, -0.2) is 0 Å². The minimum absolute atomic E-state index is 0.0832. The molecular weight excluding hydrogens is 353 g/mol. The first-order valence-corrected chi connectivity index (χ1v) is 10.3. The molecule has 1 aromatic heterocycles. The molecule has 0 fully saturated rings. The second kappa shape index (κ2) is 9.17. The topological polar surface area (TPSA) is 77.9 Å². The molecule has 6 nitrogen and oxygen atoms in total. The Kier molecular flexibility index (Phi) is 7.21. The van der Waals surface area contributed by atoms with Gasteiger partial charge in [0.2, 0.25) is 0 Å². The van der Waals surface area contributed by atoms with Gasteiger partial charge in [-0.1, -0.05) is 13.0 Å². The Balaban J connectivity index is 2.43. The lowest BCUT2D eigenvalue weighted by molar-refractivity contribution is 0.151. The van der Waals surface area contributed by atoms with E-state index < -0.39 is 13.7 Å². The van der Waals surface area contributed by atoms with E-state index in [1.807, 2.05) is 18.2 Å². The first kappa shape index (κ1) is 20.4. The Labute approximate surface area is 154 Å². The molecule has 0 aliphatic heterocycles. The molecule has 2 rings (SSSR count). The predicted molar refractivity (Wildman–Crippen MR) is 101 cm³/mol. The van der Waals surface area contributed by atoms with Crippen LogP contribution in [0.25, 0.3) is 0 Å². The summed E-state index contributed by atoms with van der Waals surface area (Å²) in [6.45, 7) is 5.66. The molecule has 2 aromatic rings. The highest BCUT2D eigenvalue weighted by Crippen LogP contribution is 2.52. The Morgan fingerprint density at radius 1 is 1.31 bits per heavy atom. The molecule has 1 heterocycles. The van der Waals surface area contributed by atoms with E-state index in [-0.39, 0.29) is 11.9 Å². The summed E-state index contributed by atoms with van der Waals surface area (Å²) < 4.78 is 29.6. The zero-order valence-corrected chi connectivity index (χ0v) is 16.5. The third kappa shape index (κ3) is 5.07. The maximum atomic E-state index is 12.9. The van der Waals surface area contributed by atoms with Gasteiger partial charge in [-0.2, -0.15) is 0 Å². The van der Waals surface area contributed by atoms with Crippen LogP contribution < -0.4 is 4.74 Å². The minimum Gasteiger partial charge on any atom is -0.504 e. The molecule has 0 amide bonds. The fourth-order valence-corrected chi connectivity index (χ4v) is 4.02. The first-order chi connectivity index (χ1) is 12.4. The van der Waals surface area contributed by atoms with Crippen molar-refractivity contribution in [2.24, 2.45) is 0 Å². The molecule has 1 aromatic carbocycles. The van der Waals surface area contributed by atoms with Crippen molar-refractivity contribution < 1.29 is 23.5 Å². The van der Waals surface area contributed by atoms with E-state index in [0.29, 0.717) is 24.3 Å². The van der Waals surface area contributed by atoms with Crippen molar-refractivity contribution >= 4 is 7.60 Å². The summed E-state index contributed by atoms with van der Waals surface area (Å²) in [7, 11) is -1.74. The van der Waals surface area contributed by atoms with Gasteiger partial charge < -0.3 is 18.9 Å². The number of aromatic hydroxyl groups is 1. The third-order valence-electron chi connectivity index (χ3n) is 4.02. The molecule has 2 atom stereocenters. The standard InChI is InChI=1S/C19H26NO5P/c1-5-24-26(22,6-2)25-17(11-15-8-7-9-20-13-15)16-10-14(3)19(21)18(12-16)23-4/h7-10,12-13,17,21H,5-6,11H2,1-4H3.